The fraction of sp³-hybridized carbons (Fsp3) is 0.538. The van der Waals surface area contributed by atoms with Crippen molar-refractivity contribution in [1.29, 1.82) is 0 Å². The lowest BCUT2D eigenvalue weighted by Gasteiger charge is -2.26. The van der Waals surface area contributed by atoms with Crippen molar-refractivity contribution in [2.75, 3.05) is 13.7 Å². The predicted molar refractivity (Wildman–Crippen MR) is 73.1 cm³/mol. The summed E-state index contributed by atoms with van der Waals surface area (Å²) >= 11 is 0. The van der Waals surface area contributed by atoms with Crippen molar-refractivity contribution in [3.63, 3.8) is 0 Å². The van der Waals surface area contributed by atoms with Gasteiger partial charge in [-0.05, 0) is 31.0 Å². The average molecular weight is 302 g/mol. The maximum Gasteiger partial charge on any atom is 0.246 e. The second-order valence-electron chi connectivity index (χ2n) is 4.92. The van der Waals surface area contributed by atoms with Crippen LogP contribution in [0.3, 0.4) is 0 Å². The van der Waals surface area contributed by atoms with Gasteiger partial charge in [-0.2, -0.15) is 4.31 Å². The number of benzene rings is 1. The molecule has 1 aliphatic heterocycles. The zero-order valence-electron chi connectivity index (χ0n) is 11.5. The van der Waals surface area contributed by atoms with E-state index < -0.39 is 15.8 Å². The molecule has 2 rings (SSSR count). The van der Waals surface area contributed by atoms with Gasteiger partial charge in [-0.3, -0.25) is 0 Å². The third kappa shape index (κ3) is 2.71. The van der Waals surface area contributed by atoms with Gasteiger partial charge in [0.2, 0.25) is 10.0 Å². The molecule has 112 valence electrons. The summed E-state index contributed by atoms with van der Waals surface area (Å²) in [7, 11) is -2.41. The zero-order valence-corrected chi connectivity index (χ0v) is 12.4. The van der Waals surface area contributed by atoms with Gasteiger partial charge in [-0.1, -0.05) is 6.07 Å². The van der Waals surface area contributed by atoms with E-state index in [-0.39, 0.29) is 23.6 Å². The molecule has 1 aromatic rings. The summed E-state index contributed by atoms with van der Waals surface area (Å²) in [4.78, 5) is -0.323. The Labute approximate surface area is 118 Å². The summed E-state index contributed by atoms with van der Waals surface area (Å²) < 4.78 is 45.5. The first-order valence-electron chi connectivity index (χ1n) is 6.46. The standard InChI is InChI=1S/C13H19FN2O3S/c1-9-12(5-6-19-9)16(2)20(17,18)13-4-3-10(8-15)7-11(13)14/h3-4,7,9,12H,5-6,8,15H2,1-2H3. The number of nitrogens with two attached hydrogens (primary N) is 1. The minimum Gasteiger partial charge on any atom is -0.377 e. The van der Waals surface area contributed by atoms with E-state index in [4.69, 9.17) is 10.5 Å². The minimum absolute atomic E-state index is 0.167. The highest BCUT2D eigenvalue weighted by Crippen LogP contribution is 2.26. The maximum absolute atomic E-state index is 14.0. The van der Waals surface area contributed by atoms with E-state index in [0.717, 1.165) is 6.07 Å². The lowest BCUT2D eigenvalue weighted by molar-refractivity contribution is 0.102. The molecule has 1 aromatic carbocycles. The Bertz CT molecular complexity index is 591. The summed E-state index contributed by atoms with van der Waals surface area (Å²) in [6.07, 6.45) is 0.417. The second-order valence-corrected chi connectivity index (χ2v) is 6.89. The number of halogens is 1. The van der Waals surface area contributed by atoms with Gasteiger partial charge in [0.25, 0.3) is 0 Å². The van der Waals surface area contributed by atoms with Crippen molar-refractivity contribution in [3.05, 3.63) is 29.6 Å². The third-order valence-electron chi connectivity index (χ3n) is 3.69. The van der Waals surface area contributed by atoms with Crippen LogP contribution in [0.2, 0.25) is 0 Å². The zero-order chi connectivity index (χ0) is 14.9. The topological polar surface area (TPSA) is 72.6 Å². The van der Waals surface area contributed by atoms with Crippen LogP contribution in [0.15, 0.2) is 23.1 Å². The number of ether oxygens (including phenoxy) is 1. The first-order valence-corrected chi connectivity index (χ1v) is 7.90. The number of likely N-dealkylation sites (N-methyl/N-ethyl adjacent to an activating group) is 1. The minimum atomic E-state index is -3.87. The smallest absolute Gasteiger partial charge is 0.246 e. The second kappa shape index (κ2) is 5.77. The van der Waals surface area contributed by atoms with Crippen LogP contribution in [0, 0.1) is 5.82 Å². The first kappa shape index (κ1) is 15.4. The molecule has 0 amide bonds. The van der Waals surface area contributed by atoms with Gasteiger partial charge in [-0.15, -0.1) is 0 Å². The summed E-state index contributed by atoms with van der Waals surface area (Å²) in [6.45, 7) is 2.50. The molecule has 1 fully saturated rings. The van der Waals surface area contributed by atoms with Crippen molar-refractivity contribution in [2.24, 2.45) is 5.73 Å². The van der Waals surface area contributed by atoms with E-state index in [9.17, 15) is 12.8 Å². The van der Waals surface area contributed by atoms with Crippen LogP contribution in [-0.4, -0.2) is 38.5 Å². The molecule has 0 spiro atoms. The van der Waals surface area contributed by atoms with Gasteiger partial charge in [0.1, 0.15) is 10.7 Å². The highest BCUT2D eigenvalue weighted by Gasteiger charge is 2.36. The lowest BCUT2D eigenvalue weighted by Crippen LogP contribution is -2.41. The SMILES string of the molecule is CC1OCCC1N(C)S(=O)(=O)c1ccc(CN)cc1F. The molecular formula is C13H19FN2O3S. The fourth-order valence-electron chi connectivity index (χ4n) is 2.41. The molecule has 2 unspecified atom stereocenters. The molecule has 0 bridgehead atoms. The quantitative estimate of drug-likeness (QED) is 0.903. The number of rotatable bonds is 4. The maximum atomic E-state index is 14.0. The van der Waals surface area contributed by atoms with Crippen molar-refractivity contribution < 1.29 is 17.5 Å². The van der Waals surface area contributed by atoms with Crippen molar-refractivity contribution >= 4 is 10.0 Å². The average Bonchev–Trinajstić information content (AvgIpc) is 2.83. The van der Waals surface area contributed by atoms with Gasteiger partial charge >= 0.3 is 0 Å². The molecule has 0 aliphatic carbocycles. The Hall–Kier alpha value is -1.02. The van der Waals surface area contributed by atoms with Gasteiger partial charge in [0.05, 0.1) is 12.1 Å². The van der Waals surface area contributed by atoms with Crippen molar-refractivity contribution in [3.8, 4) is 0 Å². The monoisotopic (exact) mass is 302 g/mol. The van der Waals surface area contributed by atoms with E-state index in [1.54, 1.807) is 0 Å². The molecule has 1 heterocycles. The summed E-state index contributed by atoms with van der Waals surface area (Å²) in [5, 5.41) is 0. The highest BCUT2D eigenvalue weighted by molar-refractivity contribution is 7.89. The molecule has 2 N–H and O–H groups in total. The first-order chi connectivity index (χ1) is 9.37. The van der Waals surface area contributed by atoms with Crippen molar-refractivity contribution in [1.82, 2.24) is 4.31 Å². The van der Waals surface area contributed by atoms with Crippen LogP contribution in [0.1, 0.15) is 18.9 Å². The van der Waals surface area contributed by atoms with E-state index in [1.165, 1.54) is 23.5 Å². The molecule has 0 aromatic heterocycles. The van der Waals surface area contributed by atoms with Crippen LogP contribution < -0.4 is 5.73 Å². The normalized spacial score (nSPS) is 23.4. The summed E-state index contributed by atoms with van der Waals surface area (Å²) in [6, 6.07) is 3.69. The molecule has 0 radical (unpaired) electrons. The number of hydrogen-bond donors (Lipinski definition) is 1. The van der Waals surface area contributed by atoms with Crippen molar-refractivity contribution in [2.45, 2.75) is 36.9 Å². The Morgan fingerprint density at radius 2 is 2.20 bits per heavy atom. The van der Waals surface area contributed by atoms with Gasteiger partial charge in [-0.25, -0.2) is 12.8 Å². The Kier molecular flexibility index (Phi) is 4.43. The number of sulfonamides is 1. The number of nitrogens with zero attached hydrogens (tertiary/aromatic N) is 1. The van der Waals surface area contributed by atoms with Crippen LogP contribution in [-0.2, 0) is 21.3 Å². The molecule has 1 aliphatic rings. The Morgan fingerprint density at radius 3 is 2.70 bits per heavy atom. The number of hydrogen-bond acceptors (Lipinski definition) is 4. The Balaban J connectivity index is 2.34. The lowest BCUT2D eigenvalue weighted by atomic mass is 10.2. The van der Waals surface area contributed by atoms with E-state index in [0.29, 0.717) is 18.6 Å². The fourth-order valence-corrected chi connectivity index (χ4v) is 3.90. The van der Waals surface area contributed by atoms with Crippen LogP contribution in [0.5, 0.6) is 0 Å². The third-order valence-corrected chi connectivity index (χ3v) is 5.61. The summed E-state index contributed by atoms with van der Waals surface area (Å²) in [5.41, 5.74) is 5.97. The molecule has 5 nitrogen and oxygen atoms in total. The molecule has 7 heteroatoms. The molecule has 20 heavy (non-hydrogen) atoms. The van der Waals surface area contributed by atoms with E-state index >= 15 is 0 Å². The molecule has 1 saturated heterocycles. The van der Waals surface area contributed by atoms with E-state index in [1.807, 2.05) is 6.92 Å². The molecular weight excluding hydrogens is 283 g/mol. The Morgan fingerprint density at radius 1 is 1.50 bits per heavy atom. The molecule has 0 saturated carbocycles. The highest BCUT2D eigenvalue weighted by atomic mass is 32.2. The van der Waals surface area contributed by atoms with Gasteiger partial charge in [0.15, 0.2) is 0 Å². The molecule has 2 atom stereocenters. The van der Waals surface area contributed by atoms with E-state index in [2.05, 4.69) is 0 Å². The van der Waals surface area contributed by atoms with Gasteiger partial charge in [0, 0.05) is 20.2 Å². The summed E-state index contributed by atoms with van der Waals surface area (Å²) in [5.74, 6) is -0.772. The predicted octanol–water partition coefficient (Wildman–Crippen LogP) is 1.08. The largest absolute Gasteiger partial charge is 0.377 e. The van der Waals surface area contributed by atoms with Crippen LogP contribution in [0.4, 0.5) is 4.39 Å². The van der Waals surface area contributed by atoms with Gasteiger partial charge < -0.3 is 10.5 Å². The van der Waals surface area contributed by atoms with Crippen LogP contribution in [0.25, 0.3) is 0 Å². The van der Waals surface area contributed by atoms with Crippen LogP contribution >= 0.6 is 0 Å².